The van der Waals surface area contributed by atoms with Crippen LogP contribution in [-0.2, 0) is 9.53 Å². The number of rotatable bonds is 6. The molecule has 1 saturated heterocycles. The number of unbranched alkanes of at least 4 members (excludes halogenated alkanes) is 1. The van der Waals surface area contributed by atoms with E-state index in [9.17, 15) is 4.79 Å². The molecule has 1 aliphatic rings. The van der Waals surface area contributed by atoms with Crippen molar-refractivity contribution in [1.82, 2.24) is 5.32 Å². The second-order valence-corrected chi connectivity index (χ2v) is 5.39. The van der Waals surface area contributed by atoms with Crippen LogP contribution in [-0.4, -0.2) is 31.7 Å². The maximum absolute atomic E-state index is 11.8. The summed E-state index contributed by atoms with van der Waals surface area (Å²) in [5, 5.41) is 2.98. The molecule has 4 nitrogen and oxygen atoms in total. The van der Waals surface area contributed by atoms with Crippen LogP contribution in [0.1, 0.15) is 46.0 Å². The Balaban J connectivity index is 2.26. The molecule has 1 amide bonds. The van der Waals surface area contributed by atoms with Gasteiger partial charge in [-0.25, -0.2) is 0 Å². The second kappa shape index (κ2) is 6.97. The monoisotopic (exact) mass is 242 g/mol. The molecule has 0 spiro atoms. The predicted molar refractivity (Wildman–Crippen MR) is 68.7 cm³/mol. The Hall–Kier alpha value is -0.610. The van der Waals surface area contributed by atoms with E-state index < -0.39 is 0 Å². The minimum atomic E-state index is -0.349. The molecule has 17 heavy (non-hydrogen) atoms. The summed E-state index contributed by atoms with van der Waals surface area (Å²) in [6, 6.07) is -0.349. The topological polar surface area (TPSA) is 64.4 Å². The van der Waals surface area contributed by atoms with Crippen molar-refractivity contribution in [2.24, 2.45) is 11.1 Å². The lowest BCUT2D eigenvalue weighted by Crippen LogP contribution is -2.46. The number of carbonyl (C=O) groups is 1. The van der Waals surface area contributed by atoms with Crippen molar-refractivity contribution in [3.8, 4) is 0 Å². The van der Waals surface area contributed by atoms with Crippen molar-refractivity contribution in [3.05, 3.63) is 0 Å². The number of hydrogen-bond acceptors (Lipinski definition) is 3. The van der Waals surface area contributed by atoms with Gasteiger partial charge in [-0.2, -0.15) is 0 Å². The van der Waals surface area contributed by atoms with Crippen LogP contribution in [0, 0.1) is 5.41 Å². The average Bonchev–Trinajstić information content (AvgIpc) is 2.34. The fourth-order valence-corrected chi connectivity index (χ4v) is 2.03. The minimum absolute atomic E-state index is 0.00818. The molecule has 4 heteroatoms. The molecule has 1 fully saturated rings. The van der Waals surface area contributed by atoms with E-state index in [1.54, 1.807) is 0 Å². The zero-order chi connectivity index (χ0) is 12.7. The van der Waals surface area contributed by atoms with E-state index in [0.717, 1.165) is 51.9 Å². The molecule has 1 rings (SSSR count). The first-order valence-electron chi connectivity index (χ1n) is 6.68. The van der Waals surface area contributed by atoms with Gasteiger partial charge in [-0.3, -0.25) is 4.79 Å². The van der Waals surface area contributed by atoms with E-state index in [-0.39, 0.29) is 17.4 Å². The molecule has 0 aromatic heterocycles. The third-order valence-electron chi connectivity index (χ3n) is 3.59. The maximum Gasteiger partial charge on any atom is 0.236 e. The first-order chi connectivity index (χ1) is 8.07. The summed E-state index contributed by atoms with van der Waals surface area (Å²) in [6.07, 6.45) is 4.90. The van der Waals surface area contributed by atoms with E-state index >= 15 is 0 Å². The van der Waals surface area contributed by atoms with Gasteiger partial charge < -0.3 is 15.8 Å². The fraction of sp³-hybridized carbons (Fsp3) is 0.923. The molecule has 1 aliphatic heterocycles. The van der Waals surface area contributed by atoms with Crippen molar-refractivity contribution >= 4 is 5.91 Å². The molecule has 0 aliphatic carbocycles. The van der Waals surface area contributed by atoms with E-state index in [1.165, 1.54) is 0 Å². The molecule has 0 aromatic carbocycles. The standard InChI is InChI=1S/C13H26N2O2/c1-3-4-5-11(14)12(16)15-10-13(2)6-8-17-9-7-13/h11H,3-10,14H2,1-2H3,(H,15,16)/t11-/m0/s1. The summed E-state index contributed by atoms with van der Waals surface area (Å²) in [7, 11) is 0. The molecule has 100 valence electrons. The van der Waals surface area contributed by atoms with Crippen molar-refractivity contribution in [2.75, 3.05) is 19.8 Å². The summed E-state index contributed by atoms with van der Waals surface area (Å²) >= 11 is 0. The number of amides is 1. The zero-order valence-corrected chi connectivity index (χ0v) is 11.1. The predicted octanol–water partition coefficient (Wildman–Crippen LogP) is 1.44. The van der Waals surface area contributed by atoms with Gasteiger partial charge in [-0.15, -0.1) is 0 Å². The van der Waals surface area contributed by atoms with Gasteiger partial charge >= 0.3 is 0 Å². The lowest BCUT2D eigenvalue weighted by molar-refractivity contribution is -0.123. The van der Waals surface area contributed by atoms with E-state index in [0.29, 0.717) is 0 Å². The Morgan fingerprint density at radius 3 is 2.71 bits per heavy atom. The highest BCUT2D eigenvalue weighted by molar-refractivity contribution is 5.81. The summed E-state index contributed by atoms with van der Waals surface area (Å²) in [6.45, 7) is 6.62. The lowest BCUT2D eigenvalue weighted by Gasteiger charge is -2.33. The van der Waals surface area contributed by atoms with Gasteiger partial charge in [0, 0.05) is 19.8 Å². The van der Waals surface area contributed by atoms with E-state index in [2.05, 4.69) is 19.2 Å². The normalized spacial score (nSPS) is 20.9. The highest BCUT2D eigenvalue weighted by atomic mass is 16.5. The van der Waals surface area contributed by atoms with Gasteiger partial charge in [0.05, 0.1) is 6.04 Å². The van der Waals surface area contributed by atoms with Gasteiger partial charge in [-0.05, 0) is 24.7 Å². The molecule has 0 saturated carbocycles. The van der Waals surface area contributed by atoms with Crippen molar-refractivity contribution in [1.29, 1.82) is 0 Å². The third kappa shape index (κ3) is 5.04. The smallest absolute Gasteiger partial charge is 0.236 e. The van der Waals surface area contributed by atoms with Crippen molar-refractivity contribution in [2.45, 2.75) is 52.0 Å². The maximum atomic E-state index is 11.8. The van der Waals surface area contributed by atoms with Crippen LogP contribution >= 0.6 is 0 Å². The molecular formula is C13H26N2O2. The van der Waals surface area contributed by atoms with Gasteiger partial charge in [0.25, 0.3) is 0 Å². The first kappa shape index (κ1) is 14.5. The Morgan fingerprint density at radius 1 is 1.47 bits per heavy atom. The van der Waals surface area contributed by atoms with E-state index in [4.69, 9.17) is 10.5 Å². The Bertz CT molecular complexity index is 238. The molecule has 0 radical (unpaired) electrons. The van der Waals surface area contributed by atoms with Crippen LogP contribution in [0.5, 0.6) is 0 Å². The van der Waals surface area contributed by atoms with Crippen LogP contribution < -0.4 is 11.1 Å². The van der Waals surface area contributed by atoms with Crippen LogP contribution in [0.2, 0.25) is 0 Å². The lowest BCUT2D eigenvalue weighted by atomic mass is 9.82. The Morgan fingerprint density at radius 2 is 2.12 bits per heavy atom. The third-order valence-corrected chi connectivity index (χ3v) is 3.59. The van der Waals surface area contributed by atoms with Crippen LogP contribution in [0.3, 0.4) is 0 Å². The van der Waals surface area contributed by atoms with E-state index in [1.807, 2.05) is 0 Å². The molecular weight excluding hydrogens is 216 g/mol. The van der Waals surface area contributed by atoms with Gasteiger partial charge in [0.1, 0.15) is 0 Å². The zero-order valence-electron chi connectivity index (χ0n) is 11.1. The largest absolute Gasteiger partial charge is 0.381 e. The molecule has 3 N–H and O–H groups in total. The molecule has 1 heterocycles. The quantitative estimate of drug-likeness (QED) is 0.740. The van der Waals surface area contributed by atoms with Gasteiger partial charge in [0.2, 0.25) is 5.91 Å². The summed E-state index contributed by atoms with van der Waals surface area (Å²) in [4.78, 5) is 11.8. The van der Waals surface area contributed by atoms with Gasteiger partial charge in [0.15, 0.2) is 0 Å². The number of nitrogens with one attached hydrogen (secondary N) is 1. The van der Waals surface area contributed by atoms with Crippen LogP contribution in [0.25, 0.3) is 0 Å². The number of hydrogen-bond donors (Lipinski definition) is 2. The number of carbonyl (C=O) groups excluding carboxylic acids is 1. The highest BCUT2D eigenvalue weighted by Crippen LogP contribution is 2.28. The Kier molecular flexibility index (Phi) is 5.92. The van der Waals surface area contributed by atoms with Gasteiger partial charge in [-0.1, -0.05) is 26.7 Å². The highest BCUT2D eigenvalue weighted by Gasteiger charge is 2.28. The molecule has 0 aromatic rings. The molecule has 1 atom stereocenters. The average molecular weight is 242 g/mol. The first-order valence-corrected chi connectivity index (χ1v) is 6.68. The number of ether oxygens (including phenoxy) is 1. The van der Waals surface area contributed by atoms with Crippen LogP contribution in [0.4, 0.5) is 0 Å². The summed E-state index contributed by atoms with van der Waals surface area (Å²) < 4.78 is 5.33. The second-order valence-electron chi connectivity index (χ2n) is 5.39. The van der Waals surface area contributed by atoms with Crippen molar-refractivity contribution in [3.63, 3.8) is 0 Å². The molecule has 0 unspecified atom stereocenters. The van der Waals surface area contributed by atoms with Crippen LogP contribution in [0.15, 0.2) is 0 Å². The SMILES string of the molecule is CCCC[C@H](N)C(=O)NCC1(C)CCOCC1. The molecule has 0 bridgehead atoms. The Labute approximate surface area is 104 Å². The fourth-order valence-electron chi connectivity index (χ4n) is 2.03. The summed E-state index contributed by atoms with van der Waals surface area (Å²) in [5.41, 5.74) is 6.00. The summed E-state index contributed by atoms with van der Waals surface area (Å²) in [5.74, 6) is -0.00818. The minimum Gasteiger partial charge on any atom is -0.381 e. The van der Waals surface area contributed by atoms with Crippen molar-refractivity contribution < 1.29 is 9.53 Å². The number of nitrogens with two attached hydrogens (primary N) is 1.